The number of nitro groups is 1. The predicted octanol–water partition coefficient (Wildman–Crippen LogP) is 2.22. The molecule has 1 saturated heterocycles. The van der Waals surface area contributed by atoms with Gasteiger partial charge in [-0.25, -0.2) is 4.98 Å². The lowest BCUT2D eigenvalue weighted by Crippen LogP contribution is -2.59. The van der Waals surface area contributed by atoms with Gasteiger partial charge >= 0.3 is 5.69 Å². The van der Waals surface area contributed by atoms with E-state index in [0.717, 1.165) is 12.8 Å². The average molecular weight is 306 g/mol. The van der Waals surface area contributed by atoms with Gasteiger partial charge in [-0.05, 0) is 18.9 Å². The van der Waals surface area contributed by atoms with Crippen molar-refractivity contribution in [3.8, 4) is 0 Å². The fraction of sp³-hybridized carbons (Fsp3) is 0.600. The molecule has 1 fully saturated rings. The summed E-state index contributed by atoms with van der Waals surface area (Å²) in [6.45, 7) is 6.79. The van der Waals surface area contributed by atoms with Crippen molar-refractivity contribution in [3.63, 3.8) is 0 Å². The standard InChI is InChI=1S/C15H22N4O3/c1-4-12-10-18(13(5-2)9-17(12)11(3)20)15-14(19(21)22)7-6-8-16-15/h6-8,12-13H,4-5,9-10H2,1-3H3/t12-,13-/m1/s1. The maximum absolute atomic E-state index is 11.8. The van der Waals surface area contributed by atoms with Gasteiger partial charge in [0, 0.05) is 44.4 Å². The first-order valence-corrected chi connectivity index (χ1v) is 7.62. The van der Waals surface area contributed by atoms with Crippen molar-refractivity contribution in [2.24, 2.45) is 0 Å². The molecule has 22 heavy (non-hydrogen) atoms. The third-order valence-electron chi connectivity index (χ3n) is 4.28. The van der Waals surface area contributed by atoms with Crippen LogP contribution in [0.15, 0.2) is 18.3 Å². The van der Waals surface area contributed by atoms with Gasteiger partial charge in [-0.3, -0.25) is 14.9 Å². The number of amides is 1. The van der Waals surface area contributed by atoms with E-state index < -0.39 is 4.92 Å². The average Bonchev–Trinajstić information content (AvgIpc) is 2.53. The van der Waals surface area contributed by atoms with Gasteiger partial charge in [0.1, 0.15) is 0 Å². The van der Waals surface area contributed by atoms with E-state index in [9.17, 15) is 14.9 Å². The van der Waals surface area contributed by atoms with Gasteiger partial charge in [0.05, 0.1) is 4.92 Å². The number of carbonyl (C=O) groups excluding carboxylic acids is 1. The monoisotopic (exact) mass is 306 g/mol. The van der Waals surface area contributed by atoms with Crippen molar-refractivity contribution < 1.29 is 9.72 Å². The minimum atomic E-state index is -0.395. The highest BCUT2D eigenvalue weighted by atomic mass is 16.6. The maximum Gasteiger partial charge on any atom is 0.311 e. The number of aromatic nitrogens is 1. The summed E-state index contributed by atoms with van der Waals surface area (Å²) in [7, 11) is 0. The molecule has 0 unspecified atom stereocenters. The van der Waals surface area contributed by atoms with Crippen LogP contribution in [0.5, 0.6) is 0 Å². The Bertz CT molecular complexity index is 563. The summed E-state index contributed by atoms with van der Waals surface area (Å²) in [5, 5.41) is 11.3. The zero-order valence-corrected chi connectivity index (χ0v) is 13.2. The lowest BCUT2D eigenvalue weighted by atomic mass is 10.0. The zero-order chi connectivity index (χ0) is 16.3. The maximum atomic E-state index is 11.8. The van der Waals surface area contributed by atoms with Gasteiger partial charge in [0.25, 0.3) is 0 Å². The van der Waals surface area contributed by atoms with Gasteiger partial charge in [0.2, 0.25) is 11.7 Å². The summed E-state index contributed by atoms with van der Waals surface area (Å²) < 4.78 is 0. The molecule has 1 aromatic rings. The van der Waals surface area contributed by atoms with Crippen LogP contribution in [0.3, 0.4) is 0 Å². The number of pyridine rings is 1. The van der Waals surface area contributed by atoms with Gasteiger partial charge < -0.3 is 9.80 Å². The van der Waals surface area contributed by atoms with Crippen molar-refractivity contribution in [3.05, 3.63) is 28.4 Å². The fourth-order valence-corrected chi connectivity index (χ4v) is 3.05. The van der Waals surface area contributed by atoms with Crippen LogP contribution >= 0.6 is 0 Å². The van der Waals surface area contributed by atoms with E-state index in [1.807, 2.05) is 23.6 Å². The summed E-state index contributed by atoms with van der Waals surface area (Å²) in [5.41, 5.74) is 0.0204. The summed E-state index contributed by atoms with van der Waals surface area (Å²) in [4.78, 5) is 30.8. The van der Waals surface area contributed by atoms with E-state index in [-0.39, 0.29) is 23.7 Å². The Balaban J connectivity index is 2.38. The molecule has 7 nitrogen and oxygen atoms in total. The Morgan fingerprint density at radius 3 is 2.59 bits per heavy atom. The molecule has 0 saturated carbocycles. The Hall–Kier alpha value is -2.18. The molecule has 2 rings (SSSR count). The van der Waals surface area contributed by atoms with E-state index in [2.05, 4.69) is 4.98 Å². The van der Waals surface area contributed by atoms with Crippen molar-refractivity contribution in [2.45, 2.75) is 45.7 Å². The van der Waals surface area contributed by atoms with E-state index in [4.69, 9.17) is 0 Å². The van der Waals surface area contributed by atoms with Gasteiger partial charge in [-0.1, -0.05) is 13.8 Å². The quantitative estimate of drug-likeness (QED) is 0.629. The second kappa shape index (κ2) is 6.72. The topological polar surface area (TPSA) is 79.6 Å². The van der Waals surface area contributed by atoms with Gasteiger partial charge in [-0.2, -0.15) is 0 Å². The number of hydrogen-bond donors (Lipinski definition) is 0. The zero-order valence-electron chi connectivity index (χ0n) is 13.2. The highest BCUT2D eigenvalue weighted by molar-refractivity contribution is 5.74. The van der Waals surface area contributed by atoms with Crippen molar-refractivity contribution >= 4 is 17.4 Å². The lowest BCUT2D eigenvalue weighted by molar-refractivity contribution is -0.384. The van der Waals surface area contributed by atoms with E-state index in [1.54, 1.807) is 19.2 Å². The largest absolute Gasteiger partial charge is 0.344 e. The molecule has 2 heterocycles. The molecule has 1 aliphatic rings. The smallest absolute Gasteiger partial charge is 0.311 e. The van der Waals surface area contributed by atoms with Crippen LogP contribution in [-0.2, 0) is 4.79 Å². The number of hydrogen-bond acceptors (Lipinski definition) is 5. The molecule has 0 aromatic carbocycles. The third-order valence-corrected chi connectivity index (χ3v) is 4.28. The third kappa shape index (κ3) is 3.03. The van der Waals surface area contributed by atoms with Crippen LogP contribution in [0.1, 0.15) is 33.6 Å². The van der Waals surface area contributed by atoms with Crippen LogP contribution in [0, 0.1) is 10.1 Å². The molecule has 1 aliphatic heterocycles. The molecule has 0 bridgehead atoms. The van der Waals surface area contributed by atoms with Crippen LogP contribution in [0.25, 0.3) is 0 Å². The molecule has 120 valence electrons. The highest BCUT2D eigenvalue weighted by Gasteiger charge is 2.36. The minimum Gasteiger partial charge on any atom is -0.344 e. The molecule has 0 spiro atoms. The SMILES string of the molecule is CC[C@@H]1CN(c2ncccc2[N+](=O)[O-])[C@H](CC)CN1C(C)=O. The fourth-order valence-electron chi connectivity index (χ4n) is 3.05. The van der Waals surface area contributed by atoms with E-state index >= 15 is 0 Å². The van der Waals surface area contributed by atoms with Crippen LogP contribution in [0.2, 0.25) is 0 Å². The van der Waals surface area contributed by atoms with E-state index in [1.165, 1.54) is 6.07 Å². The molecular weight excluding hydrogens is 284 g/mol. The predicted molar refractivity (Wildman–Crippen MR) is 83.8 cm³/mol. The Morgan fingerprint density at radius 1 is 1.36 bits per heavy atom. The van der Waals surface area contributed by atoms with Crippen LogP contribution in [0.4, 0.5) is 11.5 Å². The van der Waals surface area contributed by atoms with Crippen LogP contribution in [-0.4, -0.2) is 45.9 Å². The molecule has 1 amide bonds. The lowest BCUT2D eigenvalue weighted by Gasteiger charge is -2.46. The molecule has 0 aliphatic carbocycles. The number of nitrogens with zero attached hydrogens (tertiary/aromatic N) is 4. The molecule has 0 radical (unpaired) electrons. The molecule has 7 heteroatoms. The van der Waals surface area contributed by atoms with E-state index in [0.29, 0.717) is 18.9 Å². The van der Waals surface area contributed by atoms with Crippen LogP contribution < -0.4 is 4.90 Å². The first kappa shape index (κ1) is 16.2. The number of piperazine rings is 1. The normalized spacial score (nSPS) is 21.8. The molecular formula is C15H22N4O3. The van der Waals surface area contributed by atoms with Gasteiger partial charge in [0.15, 0.2) is 0 Å². The molecule has 1 aromatic heterocycles. The first-order chi connectivity index (χ1) is 10.5. The number of rotatable bonds is 4. The van der Waals surface area contributed by atoms with Crippen molar-refractivity contribution in [1.82, 2.24) is 9.88 Å². The van der Waals surface area contributed by atoms with Crippen molar-refractivity contribution in [2.75, 3.05) is 18.0 Å². The first-order valence-electron chi connectivity index (χ1n) is 7.62. The second-order valence-corrected chi connectivity index (χ2v) is 5.55. The summed E-state index contributed by atoms with van der Waals surface area (Å²) >= 11 is 0. The number of anilines is 1. The molecule has 0 N–H and O–H groups in total. The Labute approximate surface area is 130 Å². The second-order valence-electron chi connectivity index (χ2n) is 5.55. The van der Waals surface area contributed by atoms with Crippen molar-refractivity contribution in [1.29, 1.82) is 0 Å². The Morgan fingerprint density at radius 2 is 2.05 bits per heavy atom. The number of carbonyl (C=O) groups is 1. The Kier molecular flexibility index (Phi) is 4.95. The minimum absolute atomic E-state index is 0.0204. The summed E-state index contributed by atoms with van der Waals surface area (Å²) in [6.07, 6.45) is 3.19. The summed E-state index contributed by atoms with van der Waals surface area (Å²) in [5.74, 6) is 0.460. The summed E-state index contributed by atoms with van der Waals surface area (Å²) in [6, 6.07) is 3.15. The molecule has 2 atom stereocenters. The highest BCUT2D eigenvalue weighted by Crippen LogP contribution is 2.31. The van der Waals surface area contributed by atoms with Gasteiger partial charge in [-0.15, -0.1) is 0 Å².